The van der Waals surface area contributed by atoms with Crippen LogP contribution in [0.25, 0.3) is 0 Å². The molecule has 2 rings (SSSR count). The first-order chi connectivity index (χ1) is 9.61. The Morgan fingerprint density at radius 2 is 1.95 bits per heavy atom. The lowest BCUT2D eigenvalue weighted by Gasteiger charge is -2.31. The summed E-state index contributed by atoms with van der Waals surface area (Å²) in [5, 5.41) is 8.72. The van der Waals surface area contributed by atoms with E-state index in [1.165, 1.54) is 0 Å². The number of rotatable bonds is 3. The number of nitrogens with one attached hydrogen (secondary N) is 3. The van der Waals surface area contributed by atoms with Crippen LogP contribution in [-0.2, 0) is 10.0 Å². The maximum absolute atomic E-state index is 12.5. The standard InChI is InChI=1S/C11H17F3N4O2S/c1-6-10(7(2)17-16-6)21(19,20)18-8-3-4-9(15-5-8)11(12,13)14/h8-9,15,18H,3-5H2,1-2H3,(H,16,17). The molecular weight excluding hydrogens is 309 g/mol. The number of alkyl halides is 3. The Labute approximate surface area is 120 Å². The van der Waals surface area contributed by atoms with Gasteiger partial charge in [-0.05, 0) is 26.7 Å². The summed E-state index contributed by atoms with van der Waals surface area (Å²) in [6, 6.07) is -2.14. The first-order valence-electron chi connectivity index (χ1n) is 6.45. The number of nitrogens with zero attached hydrogens (tertiary/aromatic N) is 1. The molecule has 0 amide bonds. The second-order valence-electron chi connectivity index (χ2n) is 5.16. The van der Waals surface area contributed by atoms with Crippen LogP contribution in [0.2, 0.25) is 0 Å². The van der Waals surface area contributed by atoms with Crippen molar-refractivity contribution < 1.29 is 21.6 Å². The molecule has 0 aromatic carbocycles. The van der Waals surface area contributed by atoms with E-state index in [9.17, 15) is 21.6 Å². The monoisotopic (exact) mass is 326 g/mol. The molecular formula is C11H17F3N4O2S. The summed E-state index contributed by atoms with van der Waals surface area (Å²) in [6.07, 6.45) is -4.33. The van der Waals surface area contributed by atoms with Crippen LogP contribution in [0, 0.1) is 13.8 Å². The molecule has 120 valence electrons. The van der Waals surface area contributed by atoms with Gasteiger partial charge in [-0.15, -0.1) is 0 Å². The molecule has 1 fully saturated rings. The van der Waals surface area contributed by atoms with Crippen LogP contribution in [0.3, 0.4) is 0 Å². The van der Waals surface area contributed by atoms with Crippen molar-refractivity contribution in [3.63, 3.8) is 0 Å². The molecule has 1 aliphatic rings. The van der Waals surface area contributed by atoms with E-state index in [1.807, 2.05) is 0 Å². The van der Waals surface area contributed by atoms with Gasteiger partial charge >= 0.3 is 6.18 Å². The smallest absolute Gasteiger partial charge is 0.305 e. The fourth-order valence-electron chi connectivity index (χ4n) is 2.45. The Hall–Kier alpha value is -1.13. The van der Waals surface area contributed by atoms with Gasteiger partial charge in [0.15, 0.2) is 0 Å². The summed E-state index contributed by atoms with van der Waals surface area (Å²) in [4.78, 5) is 0.0560. The highest BCUT2D eigenvalue weighted by molar-refractivity contribution is 7.89. The second-order valence-corrected chi connectivity index (χ2v) is 6.81. The maximum atomic E-state index is 12.5. The molecule has 21 heavy (non-hydrogen) atoms. The minimum absolute atomic E-state index is 0.0560. The zero-order valence-corrected chi connectivity index (χ0v) is 12.4. The normalized spacial score (nSPS) is 24.2. The average molecular weight is 326 g/mol. The van der Waals surface area contributed by atoms with E-state index in [0.717, 1.165) is 0 Å². The molecule has 10 heteroatoms. The lowest BCUT2D eigenvalue weighted by atomic mass is 10.0. The predicted octanol–water partition coefficient (Wildman–Crippen LogP) is 0.988. The van der Waals surface area contributed by atoms with E-state index in [1.54, 1.807) is 13.8 Å². The molecule has 2 heterocycles. The molecule has 2 unspecified atom stereocenters. The number of aromatic amines is 1. The summed E-state index contributed by atoms with van der Waals surface area (Å²) in [5.41, 5.74) is 0.730. The van der Waals surface area contributed by atoms with Crippen LogP contribution >= 0.6 is 0 Å². The highest BCUT2D eigenvalue weighted by Crippen LogP contribution is 2.26. The molecule has 3 N–H and O–H groups in total. The summed E-state index contributed by atoms with van der Waals surface area (Å²) in [7, 11) is -3.80. The number of piperidine rings is 1. The van der Waals surface area contributed by atoms with Gasteiger partial charge in [-0.2, -0.15) is 18.3 Å². The molecule has 2 atom stereocenters. The third-order valence-corrected chi connectivity index (χ3v) is 5.24. The van der Waals surface area contributed by atoms with Crippen molar-refractivity contribution in [3.8, 4) is 0 Å². The van der Waals surface area contributed by atoms with Crippen LogP contribution in [0.15, 0.2) is 4.90 Å². The van der Waals surface area contributed by atoms with Gasteiger partial charge in [0.05, 0.1) is 11.4 Å². The number of hydrogen-bond donors (Lipinski definition) is 3. The van der Waals surface area contributed by atoms with Gasteiger partial charge < -0.3 is 5.32 Å². The van der Waals surface area contributed by atoms with Crippen molar-refractivity contribution in [1.29, 1.82) is 0 Å². The third kappa shape index (κ3) is 3.55. The van der Waals surface area contributed by atoms with Crippen molar-refractivity contribution in [2.75, 3.05) is 6.54 Å². The highest BCUT2D eigenvalue weighted by Gasteiger charge is 2.42. The Balaban J connectivity index is 2.04. The van der Waals surface area contributed by atoms with Gasteiger partial charge in [0.2, 0.25) is 10.0 Å². The molecule has 0 spiro atoms. The predicted molar refractivity (Wildman–Crippen MR) is 69.3 cm³/mol. The molecule has 1 saturated heterocycles. The first-order valence-corrected chi connectivity index (χ1v) is 7.93. The first kappa shape index (κ1) is 16.2. The quantitative estimate of drug-likeness (QED) is 0.773. The topological polar surface area (TPSA) is 86.9 Å². The van der Waals surface area contributed by atoms with Gasteiger partial charge in [-0.25, -0.2) is 13.1 Å². The van der Waals surface area contributed by atoms with Crippen LogP contribution in [-0.4, -0.2) is 43.4 Å². The molecule has 0 bridgehead atoms. The molecule has 0 aliphatic carbocycles. The van der Waals surface area contributed by atoms with Crippen molar-refractivity contribution in [2.45, 2.75) is 49.8 Å². The number of aryl methyl sites for hydroxylation is 2. The van der Waals surface area contributed by atoms with Crippen LogP contribution in [0.1, 0.15) is 24.2 Å². The number of aromatic nitrogens is 2. The van der Waals surface area contributed by atoms with Crippen molar-refractivity contribution in [1.82, 2.24) is 20.2 Å². The number of sulfonamides is 1. The van der Waals surface area contributed by atoms with Crippen molar-refractivity contribution in [3.05, 3.63) is 11.4 Å². The molecule has 6 nitrogen and oxygen atoms in total. The zero-order chi connectivity index (χ0) is 15.8. The maximum Gasteiger partial charge on any atom is 0.403 e. The van der Waals surface area contributed by atoms with Crippen LogP contribution in [0.4, 0.5) is 13.2 Å². The van der Waals surface area contributed by atoms with E-state index in [2.05, 4.69) is 20.2 Å². The molecule has 0 saturated carbocycles. The fourth-order valence-corrected chi connectivity index (χ4v) is 4.09. The fraction of sp³-hybridized carbons (Fsp3) is 0.727. The number of halogens is 3. The van der Waals surface area contributed by atoms with E-state index < -0.39 is 28.3 Å². The van der Waals surface area contributed by atoms with E-state index >= 15 is 0 Å². The Morgan fingerprint density at radius 3 is 2.38 bits per heavy atom. The van der Waals surface area contributed by atoms with Gasteiger partial charge in [-0.1, -0.05) is 0 Å². The lowest BCUT2D eigenvalue weighted by molar-refractivity contribution is -0.160. The summed E-state index contributed by atoms with van der Waals surface area (Å²) < 4.78 is 64.5. The lowest BCUT2D eigenvalue weighted by Crippen LogP contribution is -2.54. The summed E-state index contributed by atoms with van der Waals surface area (Å²) in [6.45, 7) is 3.07. The van der Waals surface area contributed by atoms with E-state index in [-0.39, 0.29) is 24.3 Å². The van der Waals surface area contributed by atoms with E-state index in [4.69, 9.17) is 0 Å². The SMILES string of the molecule is Cc1n[nH]c(C)c1S(=O)(=O)NC1CCC(C(F)(F)F)NC1. The number of hydrogen-bond acceptors (Lipinski definition) is 4. The Bertz CT molecular complexity index is 584. The van der Waals surface area contributed by atoms with E-state index in [0.29, 0.717) is 11.4 Å². The third-order valence-electron chi connectivity index (χ3n) is 3.46. The largest absolute Gasteiger partial charge is 0.403 e. The summed E-state index contributed by atoms with van der Waals surface area (Å²) in [5.74, 6) is 0. The molecule has 1 aromatic rings. The molecule has 1 aromatic heterocycles. The summed E-state index contributed by atoms with van der Waals surface area (Å²) >= 11 is 0. The molecule has 0 radical (unpaired) electrons. The Kier molecular flexibility index (Phi) is 4.31. The van der Waals surface area contributed by atoms with Gasteiger partial charge in [0, 0.05) is 12.6 Å². The van der Waals surface area contributed by atoms with Crippen LogP contribution < -0.4 is 10.0 Å². The van der Waals surface area contributed by atoms with Crippen molar-refractivity contribution in [2.24, 2.45) is 0 Å². The number of H-pyrrole nitrogens is 1. The van der Waals surface area contributed by atoms with Gasteiger partial charge in [-0.3, -0.25) is 5.10 Å². The Morgan fingerprint density at radius 1 is 1.29 bits per heavy atom. The highest BCUT2D eigenvalue weighted by atomic mass is 32.2. The van der Waals surface area contributed by atoms with Gasteiger partial charge in [0.1, 0.15) is 10.9 Å². The zero-order valence-electron chi connectivity index (χ0n) is 11.6. The van der Waals surface area contributed by atoms with Crippen molar-refractivity contribution >= 4 is 10.0 Å². The van der Waals surface area contributed by atoms with Gasteiger partial charge in [0.25, 0.3) is 0 Å². The molecule has 1 aliphatic heterocycles. The second kappa shape index (κ2) is 5.58. The minimum Gasteiger partial charge on any atom is -0.305 e. The average Bonchev–Trinajstić information content (AvgIpc) is 2.68. The van der Waals surface area contributed by atoms with Crippen LogP contribution in [0.5, 0.6) is 0 Å². The minimum atomic E-state index is -4.30.